The standard InChI is InChI=1S/C26H21Cl2NO9/c1-37-19-10-15(25(33)34)11-20(38-2)21(19)13-5-3-12(4-6-13)7-18(26(35)36)29-23(30)22-16(27)8-14(24(31)32)9-17(22)28/h3-6,8-11,18H,7H2,1-2H3,(H,29,30)(H,31,32)(H,33,34)(H,35,36). The lowest BCUT2D eigenvalue weighted by atomic mass is 9.98. The Hall–Kier alpha value is -4.28. The van der Waals surface area contributed by atoms with E-state index in [4.69, 9.17) is 37.8 Å². The summed E-state index contributed by atoms with van der Waals surface area (Å²) in [4.78, 5) is 47.2. The van der Waals surface area contributed by atoms with E-state index in [-0.39, 0.29) is 44.7 Å². The van der Waals surface area contributed by atoms with Gasteiger partial charge in [0.1, 0.15) is 17.5 Å². The fraction of sp³-hybridized carbons (Fsp3) is 0.154. The van der Waals surface area contributed by atoms with Gasteiger partial charge in [-0.05, 0) is 35.4 Å². The summed E-state index contributed by atoms with van der Waals surface area (Å²) in [6, 6.07) is 10.1. The van der Waals surface area contributed by atoms with Crippen molar-refractivity contribution in [1.29, 1.82) is 0 Å². The maximum Gasteiger partial charge on any atom is 0.335 e. The Labute approximate surface area is 226 Å². The van der Waals surface area contributed by atoms with Crippen LogP contribution < -0.4 is 14.8 Å². The summed E-state index contributed by atoms with van der Waals surface area (Å²) in [7, 11) is 2.79. The molecule has 0 saturated carbocycles. The van der Waals surface area contributed by atoms with Crippen molar-refractivity contribution in [2.24, 2.45) is 0 Å². The highest BCUT2D eigenvalue weighted by atomic mass is 35.5. The number of carbonyl (C=O) groups excluding carboxylic acids is 1. The Bertz CT molecular complexity index is 1370. The third-order valence-electron chi connectivity index (χ3n) is 5.55. The third-order valence-corrected chi connectivity index (χ3v) is 6.15. The van der Waals surface area contributed by atoms with Crippen molar-refractivity contribution in [3.63, 3.8) is 0 Å². The molecule has 3 aromatic carbocycles. The zero-order valence-corrected chi connectivity index (χ0v) is 21.5. The van der Waals surface area contributed by atoms with Crippen LogP contribution in [-0.4, -0.2) is 59.4 Å². The van der Waals surface area contributed by atoms with Gasteiger partial charge in [0.2, 0.25) is 0 Å². The van der Waals surface area contributed by atoms with Crippen LogP contribution in [0.4, 0.5) is 0 Å². The van der Waals surface area contributed by atoms with Crippen LogP contribution in [0.15, 0.2) is 48.5 Å². The number of carboxylic acids is 3. The number of carboxylic acid groups (broad SMARTS) is 3. The van der Waals surface area contributed by atoms with E-state index in [0.717, 1.165) is 12.1 Å². The first kappa shape index (κ1) is 28.3. The van der Waals surface area contributed by atoms with Crippen molar-refractivity contribution in [2.45, 2.75) is 12.5 Å². The summed E-state index contributed by atoms with van der Waals surface area (Å²) in [5.41, 5.74) is 1.19. The summed E-state index contributed by atoms with van der Waals surface area (Å²) in [5.74, 6) is -4.09. The number of hydrogen-bond acceptors (Lipinski definition) is 6. The summed E-state index contributed by atoms with van der Waals surface area (Å²) in [6.45, 7) is 0. The second kappa shape index (κ2) is 11.8. The molecule has 0 bridgehead atoms. The van der Waals surface area contributed by atoms with Gasteiger partial charge in [0.25, 0.3) is 5.91 Å². The Kier molecular flexibility index (Phi) is 8.82. The SMILES string of the molecule is COc1cc(C(=O)O)cc(OC)c1-c1ccc(CC(NC(=O)c2c(Cl)cc(C(=O)O)cc2Cl)C(=O)O)cc1. The average Bonchev–Trinajstić information content (AvgIpc) is 2.87. The minimum atomic E-state index is -1.36. The molecule has 0 fully saturated rings. The Balaban J connectivity index is 1.86. The third kappa shape index (κ3) is 6.16. The summed E-state index contributed by atoms with van der Waals surface area (Å²) < 4.78 is 10.7. The van der Waals surface area contributed by atoms with Crippen LogP contribution in [-0.2, 0) is 11.2 Å². The second-order valence-electron chi connectivity index (χ2n) is 7.95. The number of rotatable bonds is 10. The van der Waals surface area contributed by atoms with Crippen LogP contribution in [0.1, 0.15) is 36.6 Å². The topological polar surface area (TPSA) is 159 Å². The first-order chi connectivity index (χ1) is 18.0. The van der Waals surface area contributed by atoms with Gasteiger partial charge >= 0.3 is 17.9 Å². The number of halogens is 2. The van der Waals surface area contributed by atoms with Gasteiger partial charge in [0.15, 0.2) is 0 Å². The van der Waals surface area contributed by atoms with Crippen LogP contribution in [0.5, 0.6) is 11.5 Å². The molecule has 12 heteroatoms. The Morgan fingerprint density at radius 2 is 1.29 bits per heavy atom. The highest BCUT2D eigenvalue weighted by Crippen LogP contribution is 2.39. The number of aromatic carboxylic acids is 2. The minimum absolute atomic E-state index is 0.0167. The van der Waals surface area contributed by atoms with Crippen LogP contribution in [0.25, 0.3) is 11.1 Å². The molecule has 0 aliphatic heterocycles. The van der Waals surface area contributed by atoms with Crippen molar-refractivity contribution in [3.05, 3.63) is 80.8 Å². The molecule has 1 amide bonds. The molecule has 1 atom stereocenters. The lowest BCUT2D eigenvalue weighted by Gasteiger charge is -2.17. The number of hydrogen-bond donors (Lipinski definition) is 4. The molecule has 198 valence electrons. The van der Waals surface area contributed by atoms with Crippen LogP contribution in [0.2, 0.25) is 10.0 Å². The molecule has 10 nitrogen and oxygen atoms in total. The highest BCUT2D eigenvalue weighted by molar-refractivity contribution is 6.40. The van der Waals surface area contributed by atoms with Crippen LogP contribution in [0, 0.1) is 0 Å². The second-order valence-corrected chi connectivity index (χ2v) is 8.76. The molecule has 0 aliphatic carbocycles. The van der Waals surface area contributed by atoms with Crippen molar-refractivity contribution < 1.29 is 44.0 Å². The molecule has 3 aromatic rings. The van der Waals surface area contributed by atoms with Gasteiger partial charge in [-0.15, -0.1) is 0 Å². The van der Waals surface area contributed by atoms with Crippen LogP contribution >= 0.6 is 23.2 Å². The van der Waals surface area contributed by atoms with E-state index in [0.29, 0.717) is 16.7 Å². The van der Waals surface area contributed by atoms with Gasteiger partial charge in [-0.2, -0.15) is 0 Å². The first-order valence-electron chi connectivity index (χ1n) is 10.8. The Morgan fingerprint density at radius 1 is 0.816 bits per heavy atom. The monoisotopic (exact) mass is 561 g/mol. The molecule has 0 saturated heterocycles. The quantitative estimate of drug-likeness (QED) is 0.279. The lowest BCUT2D eigenvalue weighted by Crippen LogP contribution is -2.42. The van der Waals surface area contributed by atoms with Gasteiger partial charge in [-0.25, -0.2) is 14.4 Å². The molecular weight excluding hydrogens is 541 g/mol. The van der Waals surface area contributed by atoms with Crippen molar-refractivity contribution >= 4 is 47.0 Å². The molecule has 0 spiro atoms. The van der Waals surface area contributed by atoms with Gasteiger partial charge in [0.05, 0.1) is 46.5 Å². The van der Waals surface area contributed by atoms with Gasteiger partial charge in [-0.1, -0.05) is 47.5 Å². The number of nitrogens with one attached hydrogen (secondary N) is 1. The van der Waals surface area contributed by atoms with Gasteiger partial charge < -0.3 is 30.1 Å². The molecule has 0 aromatic heterocycles. The predicted molar refractivity (Wildman–Crippen MR) is 138 cm³/mol. The van der Waals surface area contributed by atoms with E-state index in [1.165, 1.54) is 26.4 Å². The maximum atomic E-state index is 12.8. The number of aliphatic carboxylic acids is 1. The van der Waals surface area contributed by atoms with E-state index in [1.54, 1.807) is 24.3 Å². The molecule has 1 unspecified atom stereocenters. The zero-order valence-electron chi connectivity index (χ0n) is 20.0. The fourth-order valence-electron chi connectivity index (χ4n) is 3.71. The first-order valence-corrected chi connectivity index (χ1v) is 11.6. The van der Waals surface area contributed by atoms with E-state index >= 15 is 0 Å². The summed E-state index contributed by atoms with van der Waals surface area (Å²) >= 11 is 12.1. The molecule has 4 N–H and O–H groups in total. The number of benzene rings is 3. The van der Waals surface area contributed by atoms with Gasteiger partial charge in [0, 0.05) is 6.42 Å². The number of carbonyl (C=O) groups is 4. The highest BCUT2D eigenvalue weighted by Gasteiger charge is 2.25. The predicted octanol–water partition coefficient (Wildman–Crippen LogP) is 4.50. The van der Waals surface area contributed by atoms with Crippen molar-refractivity contribution in [1.82, 2.24) is 5.32 Å². The summed E-state index contributed by atoms with van der Waals surface area (Å²) in [6.07, 6.45) is -0.101. The smallest absolute Gasteiger partial charge is 0.335 e. The Morgan fingerprint density at radius 3 is 1.71 bits per heavy atom. The number of ether oxygens (including phenoxy) is 2. The molecule has 38 heavy (non-hydrogen) atoms. The molecule has 3 rings (SSSR count). The van der Waals surface area contributed by atoms with Crippen LogP contribution in [0.3, 0.4) is 0 Å². The van der Waals surface area contributed by atoms with E-state index in [2.05, 4.69) is 5.32 Å². The van der Waals surface area contributed by atoms with E-state index in [9.17, 15) is 29.4 Å². The lowest BCUT2D eigenvalue weighted by molar-refractivity contribution is -0.139. The molecule has 0 heterocycles. The zero-order chi connectivity index (χ0) is 28.1. The summed E-state index contributed by atoms with van der Waals surface area (Å²) in [5, 5.41) is 30.0. The normalized spacial score (nSPS) is 11.4. The molecular formula is C26H21Cl2NO9. The van der Waals surface area contributed by atoms with Gasteiger partial charge in [-0.3, -0.25) is 4.79 Å². The molecule has 0 radical (unpaired) electrons. The number of methoxy groups -OCH3 is 2. The molecule has 0 aliphatic rings. The average molecular weight is 562 g/mol. The van der Waals surface area contributed by atoms with Crippen molar-refractivity contribution in [2.75, 3.05) is 14.2 Å². The maximum absolute atomic E-state index is 12.8. The van der Waals surface area contributed by atoms with E-state index in [1.807, 2.05) is 0 Å². The largest absolute Gasteiger partial charge is 0.496 e. The number of amides is 1. The minimum Gasteiger partial charge on any atom is -0.496 e. The fourth-order valence-corrected chi connectivity index (χ4v) is 4.37. The van der Waals surface area contributed by atoms with Crippen molar-refractivity contribution in [3.8, 4) is 22.6 Å². The van der Waals surface area contributed by atoms with E-state index < -0.39 is 29.9 Å².